The standard InChI is InChI=1S/C13H12ClN3O3/c1-9-6-12(17-20-9)16-13(18)8-19-15-7-10-2-4-11(14)5-3-10/h2-7H,8H2,1H3,(H,16,17,18)/b15-7+. The fourth-order valence-corrected chi connectivity index (χ4v) is 1.47. The second-order valence-electron chi connectivity index (χ2n) is 3.93. The molecule has 0 spiro atoms. The molecule has 6 nitrogen and oxygen atoms in total. The Morgan fingerprint density at radius 2 is 2.25 bits per heavy atom. The predicted octanol–water partition coefficient (Wildman–Crippen LogP) is 2.63. The first-order valence-electron chi connectivity index (χ1n) is 5.77. The minimum absolute atomic E-state index is 0.212. The molecule has 1 aromatic carbocycles. The number of halogens is 1. The Balaban J connectivity index is 1.75. The number of carbonyl (C=O) groups is 1. The zero-order valence-corrected chi connectivity index (χ0v) is 11.4. The van der Waals surface area contributed by atoms with Crippen LogP contribution in [0.2, 0.25) is 5.02 Å². The molecule has 7 heteroatoms. The molecule has 0 unspecified atom stereocenters. The normalized spacial score (nSPS) is 10.7. The number of hydrogen-bond acceptors (Lipinski definition) is 5. The summed E-state index contributed by atoms with van der Waals surface area (Å²) in [5.41, 5.74) is 0.821. The zero-order valence-electron chi connectivity index (χ0n) is 10.7. The summed E-state index contributed by atoms with van der Waals surface area (Å²) in [6, 6.07) is 8.65. The molecule has 0 saturated heterocycles. The zero-order chi connectivity index (χ0) is 14.4. The van der Waals surface area contributed by atoms with Crippen LogP contribution >= 0.6 is 11.6 Å². The van der Waals surface area contributed by atoms with Gasteiger partial charge in [0, 0.05) is 11.1 Å². The Morgan fingerprint density at radius 1 is 1.50 bits per heavy atom. The van der Waals surface area contributed by atoms with Gasteiger partial charge in [-0.15, -0.1) is 0 Å². The smallest absolute Gasteiger partial charge is 0.266 e. The number of nitrogens with zero attached hydrogens (tertiary/aromatic N) is 2. The minimum atomic E-state index is -0.369. The largest absolute Gasteiger partial charge is 0.386 e. The van der Waals surface area contributed by atoms with Crippen molar-refractivity contribution in [2.75, 3.05) is 11.9 Å². The van der Waals surface area contributed by atoms with Crippen molar-refractivity contribution in [3.8, 4) is 0 Å². The molecule has 0 radical (unpaired) electrons. The van der Waals surface area contributed by atoms with Crippen LogP contribution in [0, 0.1) is 6.92 Å². The van der Waals surface area contributed by atoms with Crippen LogP contribution in [0.1, 0.15) is 11.3 Å². The van der Waals surface area contributed by atoms with Crippen LogP contribution in [0.25, 0.3) is 0 Å². The third kappa shape index (κ3) is 4.40. The van der Waals surface area contributed by atoms with Crippen molar-refractivity contribution in [2.45, 2.75) is 6.92 Å². The number of carbonyl (C=O) groups excluding carboxylic acids is 1. The van der Waals surface area contributed by atoms with E-state index in [-0.39, 0.29) is 12.5 Å². The van der Waals surface area contributed by atoms with E-state index in [1.54, 1.807) is 37.3 Å². The highest BCUT2D eigenvalue weighted by molar-refractivity contribution is 6.30. The number of anilines is 1. The molecule has 2 aromatic rings. The van der Waals surface area contributed by atoms with Gasteiger partial charge in [-0.25, -0.2) is 0 Å². The Hall–Kier alpha value is -2.34. The molecule has 0 saturated carbocycles. The lowest BCUT2D eigenvalue weighted by Crippen LogP contribution is -2.17. The molecule has 0 atom stereocenters. The summed E-state index contributed by atoms with van der Waals surface area (Å²) in [6.45, 7) is 1.52. The molecule has 1 heterocycles. The molecule has 1 amide bonds. The minimum Gasteiger partial charge on any atom is -0.386 e. The van der Waals surface area contributed by atoms with Crippen molar-refractivity contribution >= 4 is 29.5 Å². The van der Waals surface area contributed by atoms with Gasteiger partial charge < -0.3 is 14.7 Å². The average molecular weight is 294 g/mol. The third-order valence-corrected chi connectivity index (χ3v) is 2.49. The van der Waals surface area contributed by atoms with Gasteiger partial charge >= 0.3 is 0 Å². The summed E-state index contributed by atoms with van der Waals surface area (Å²) in [4.78, 5) is 16.3. The lowest BCUT2D eigenvalue weighted by atomic mass is 10.2. The van der Waals surface area contributed by atoms with E-state index in [9.17, 15) is 4.79 Å². The maximum Gasteiger partial charge on any atom is 0.266 e. The molecule has 1 aromatic heterocycles. The van der Waals surface area contributed by atoms with E-state index in [0.29, 0.717) is 16.6 Å². The Labute approximate surface area is 120 Å². The fraction of sp³-hybridized carbons (Fsp3) is 0.154. The van der Waals surface area contributed by atoms with Crippen molar-refractivity contribution in [1.29, 1.82) is 0 Å². The highest BCUT2D eigenvalue weighted by Crippen LogP contribution is 2.08. The first kappa shape index (κ1) is 14.1. The van der Waals surface area contributed by atoms with Crippen LogP contribution in [0.3, 0.4) is 0 Å². The van der Waals surface area contributed by atoms with Gasteiger partial charge in [0.05, 0.1) is 6.21 Å². The van der Waals surface area contributed by atoms with E-state index in [4.69, 9.17) is 21.0 Å². The third-order valence-electron chi connectivity index (χ3n) is 2.24. The molecule has 0 bridgehead atoms. The summed E-state index contributed by atoms with van der Waals surface area (Å²) in [7, 11) is 0. The van der Waals surface area contributed by atoms with Crippen LogP contribution < -0.4 is 5.32 Å². The molecular weight excluding hydrogens is 282 g/mol. The van der Waals surface area contributed by atoms with Gasteiger partial charge in [0.15, 0.2) is 12.4 Å². The number of aromatic nitrogens is 1. The number of hydrogen-bond donors (Lipinski definition) is 1. The van der Waals surface area contributed by atoms with E-state index in [0.717, 1.165) is 5.56 Å². The summed E-state index contributed by atoms with van der Waals surface area (Å²) in [5.74, 6) is 0.589. The first-order chi connectivity index (χ1) is 9.63. The number of amides is 1. The SMILES string of the molecule is Cc1cc(NC(=O)CO/N=C/c2ccc(Cl)cc2)no1. The number of rotatable bonds is 5. The Kier molecular flexibility index (Phi) is 4.73. The number of nitrogens with one attached hydrogen (secondary N) is 1. The van der Waals surface area contributed by atoms with Gasteiger partial charge in [0.1, 0.15) is 5.76 Å². The highest BCUT2D eigenvalue weighted by Gasteiger charge is 2.05. The summed E-state index contributed by atoms with van der Waals surface area (Å²) >= 11 is 5.75. The van der Waals surface area contributed by atoms with Crippen LogP contribution in [0.15, 0.2) is 40.0 Å². The second kappa shape index (κ2) is 6.72. The molecule has 0 aliphatic carbocycles. The molecule has 0 fully saturated rings. The Bertz CT molecular complexity index is 608. The quantitative estimate of drug-likeness (QED) is 0.679. The molecule has 0 aliphatic heterocycles. The van der Waals surface area contributed by atoms with E-state index in [1.807, 2.05) is 0 Å². The second-order valence-corrected chi connectivity index (χ2v) is 4.37. The van der Waals surface area contributed by atoms with Gasteiger partial charge in [-0.05, 0) is 24.6 Å². The number of oxime groups is 1. The van der Waals surface area contributed by atoms with E-state index >= 15 is 0 Å². The number of benzene rings is 1. The van der Waals surface area contributed by atoms with E-state index < -0.39 is 0 Å². The van der Waals surface area contributed by atoms with Gasteiger partial charge in [-0.1, -0.05) is 34.0 Å². The Morgan fingerprint density at radius 3 is 2.90 bits per heavy atom. The van der Waals surface area contributed by atoms with Crippen LogP contribution in [0.4, 0.5) is 5.82 Å². The molecule has 1 N–H and O–H groups in total. The maximum absolute atomic E-state index is 11.5. The molecule has 20 heavy (non-hydrogen) atoms. The van der Waals surface area contributed by atoms with E-state index in [2.05, 4.69) is 15.6 Å². The number of aryl methyl sites for hydroxylation is 1. The van der Waals surface area contributed by atoms with Crippen molar-refractivity contribution in [1.82, 2.24) is 5.16 Å². The maximum atomic E-state index is 11.5. The van der Waals surface area contributed by atoms with Crippen LogP contribution in [0.5, 0.6) is 0 Å². The van der Waals surface area contributed by atoms with Gasteiger partial charge in [0.25, 0.3) is 5.91 Å². The monoisotopic (exact) mass is 293 g/mol. The van der Waals surface area contributed by atoms with Crippen molar-refractivity contribution in [3.63, 3.8) is 0 Å². The summed E-state index contributed by atoms with van der Waals surface area (Å²) in [6.07, 6.45) is 1.49. The van der Waals surface area contributed by atoms with Gasteiger partial charge in [-0.2, -0.15) is 0 Å². The highest BCUT2D eigenvalue weighted by atomic mass is 35.5. The molecule has 2 rings (SSSR count). The first-order valence-corrected chi connectivity index (χ1v) is 6.15. The van der Waals surface area contributed by atoms with Crippen molar-refractivity contribution < 1.29 is 14.2 Å². The predicted molar refractivity (Wildman–Crippen MR) is 74.9 cm³/mol. The average Bonchev–Trinajstić information content (AvgIpc) is 2.82. The molecule has 104 valence electrons. The topological polar surface area (TPSA) is 76.7 Å². The van der Waals surface area contributed by atoms with Crippen LogP contribution in [-0.4, -0.2) is 23.9 Å². The molecular formula is C13H12ClN3O3. The summed E-state index contributed by atoms with van der Waals surface area (Å²) < 4.78 is 4.81. The van der Waals surface area contributed by atoms with Crippen molar-refractivity contribution in [3.05, 3.63) is 46.7 Å². The summed E-state index contributed by atoms with van der Waals surface area (Å²) in [5, 5.41) is 10.5. The molecule has 0 aliphatic rings. The van der Waals surface area contributed by atoms with Crippen molar-refractivity contribution in [2.24, 2.45) is 5.16 Å². The fourth-order valence-electron chi connectivity index (χ4n) is 1.35. The van der Waals surface area contributed by atoms with Crippen LogP contribution in [-0.2, 0) is 9.63 Å². The van der Waals surface area contributed by atoms with E-state index in [1.165, 1.54) is 6.21 Å². The lowest BCUT2D eigenvalue weighted by molar-refractivity contribution is -0.120. The van der Waals surface area contributed by atoms with Gasteiger partial charge in [-0.3, -0.25) is 4.79 Å². The lowest BCUT2D eigenvalue weighted by Gasteiger charge is -1.99. The van der Waals surface area contributed by atoms with Gasteiger partial charge in [0.2, 0.25) is 0 Å².